The maximum atomic E-state index is 11.7. The third kappa shape index (κ3) is 3.86. The summed E-state index contributed by atoms with van der Waals surface area (Å²) in [6.45, 7) is 7.82. The van der Waals surface area contributed by atoms with Crippen molar-refractivity contribution < 1.29 is 14.4 Å². The fourth-order valence-electron chi connectivity index (χ4n) is 2.23. The third-order valence-electron chi connectivity index (χ3n) is 3.28. The molecule has 0 amide bonds. The van der Waals surface area contributed by atoms with Gasteiger partial charge in [-0.15, -0.1) is 5.06 Å². The number of anilines is 1. The molecule has 0 unspecified atom stereocenters. The fourth-order valence-corrected chi connectivity index (χ4v) is 2.23. The molecule has 2 aromatic heterocycles. The maximum Gasteiger partial charge on any atom is 0.528 e. The second-order valence-corrected chi connectivity index (χ2v) is 6.28. The van der Waals surface area contributed by atoms with E-state index in [1.165, 1.54) is 0 Å². The molecule has 1 fully saturated rings. The molecule has 0 aromatic carbocycles. The Balaban J connectivity index is 1.54. The van der Waals surface area contributed by atoms with Gasteiger partial charge in [0.2, 0.25) is 5.95 Å². The van der Waals surface area contributed by atoms with Crippen molar-refractivity contribution in [3.8, 4) is 0 Å². The number of piperazine rings is 1. The van der Waals surface area contributed by atoms with Gasteiger partial charge in [0, 0.05) is 13.1 Å². The van der Waals surface area contributed by atoms with Crippen LogP contribution in [0.5, 0.6) is 0 Å². The van der Waals surface area contributed by atoms with Crippen molar-refractivity contribution in [1.29, 1.82) is 0 Å². The van der Waals surface area contributed by atoms with Crippen LogP contribution in [-0.2, 0) is 9.57 Å². The van der Waals surface area contributed by atoms with Crippen molar-refractivity contribution in [3.63, 3.8) is 0 Å². The number of nitrogens with zero attached hydrogens (tertiary/aromatic N) is 5. The van der Waals surface area contributed by atoms with Gasteiger partial charge in [-0.25, -0.2) is 14.8 Å². The standard InChI is InChI=1S/C14H20N6O3/c1-14(2,3)22-13(21)23-20-6-4-19(5-7-20)12-15-8-10-11(18-12)17-9-16-10/h8-9H,4-7H2,1-3H3,(H,15,16,17,18). The Morgan fingerprint density at radius 1 is 1.22 bits per heavy atom. The van der Waals surface area contributed by atoms with E-state index in [0.29, 0.717) is 37.8 Å². The molecule has 0 aliphatic carbocycles. The van der Waals surface area contributed by atoms with Crippen LogP contribution in [0.1, 0.15) is 20.8 Å². The Hall–Kier alpha value is -2.42. The first-order chi connectivity index (χ1) is 10.9. The second-order valence-electron chi connectivity index (χ2n) is 6.28. The van der Waals surface area contributed by atoms with Crippen LogP contribution in [0, 0.1) is 0 Å². The summed E-state index contributed by atoms with van der Waals surface area (Å²) in [5, 5.41) is 1.59. The van der Waals surface area contributed by atoms with E-state index < -0.39 is 11.8 Å². The molecule has 2 aromatic rings. The largest absolute Gasteiger partial charge is 0.528 e. The number of hydrogen-bond acceptors (Lipinski definition) is 8. The minimum Gasteiger partial charge on any atom is -0.427 e. The number of fused-ring (bicyclic) bond motifs is 1. The number of nitrogens with one attached hydrogen (secondary N) is 1. The molecule has 0 saturated carbocycles. The predicted octanol–water partition coefficient (Wildman–Crippen LogP) is 1.34. The highest BCUT2D eigenvalue weighted by Crippen LogP contribution is 2.15. The van der Waals surface area contributed by atoms with Gasteiger partial charge >= 0.3 is 6.16 Å². The van der Waals surface area contributed by atoms with Gasteiger partial charge in [-0.05, 0) is 20.8 Å². The minimum absolute atomic E-state index is 0.557. The topological polar surface area (TPSA) is 96.5 Å². The summed E-state index contributed by atoms with van der Waals surface area (Å²) in [5.41, 5.74) is 0.884. The molecule has 1 aliphatic heterocycles. The van der Waals surface area contributed by atoms with Gasteiger partial charge in [-0.1, -0.05) is 0 Å². The third-order valence-corrected chi connectivity index (χ3v) is 3.28. The summed E-state index contributed by atoms with van der Waals surface area (Å²) in [7, 11) is 0. The fraction of sp³-hybridized carbons (Fsp3) is 0.571. The summed E-state index contributed by atoms with van der Waals surface area (Å²) < 4.78 is 5.14. The zero-order chi connectivity index (χ0) is 16.4. The van der Waals surface area contributed by atoms with Gasteiger partial charge in [0.05, 0.1) is 25.6 Å². The molecule has 3 heterocycles. The van der Waals surface area contributed by atoms with Crippen LogP contribution in [0.3, 0.4) is 0 Å². The molecule has 124 valence electrons. The lowest BCUT2D eigenvalue weighted by Gasteiger charge is -2.33. The summed E-state index contributed by atoms with van der Waals surface area (Å²) in [5.74, 6) is 0.626. The number of carbonyl (C=O) groups is 1. The molecule has 9 heteroatoms. The molecule has 1 N–H and O–H groups in total. The lowest BCUT2D eigenvalue weighted by Crippen LogP contribution is -2.48. The van der Waals surface area contributed by atoms with Gasteiger partial charge < -0.3 is 19.5 Å². The number of rotatable bonds is 2. The first-order valence-electron chi connectivity index (χ1n) is 7.48. The Morgan fingerprint density at radius 3 is 2.65 bits per heavy atom. The monoisotopic (exact) mass is 320 g/mol. The maximum absolute atomic E-state index is 11.7. The predicted molar refractivity (Wildman–Crippen MR) is 82.8 cm³/mol. The molecule has 0 radical (unpaired) electrons. The molecule has 0 spiro atoms. The van der Waals surface area contributed by atoms with Crippen LogP contribution >= 0.6 is 0 Å². The van der Waals surface area contributed by atoms with Crippen molar-refractivity contribution in [1.82, 2.24) is 25.0 Å². The van der Waals surface area contributed by atoms with E-state index in [0.717, 1.165) is 5.52 Å². The van der Waals surface area contributed by atoms with E-state index in [2.05, 4.69) is 19.9 Å². The van der Waals surface area contributed by atoms with E-state index >= 15 is 0 Å². The van der Waals surface area contributed by atoms with Crippen LogP contribution in [0.15, 0.2) is 12.5 Å². The van der Waals surface area contributed by atoms with Crippen LogP contribution in [0.4, 0.5) is 10.7 Å². The smallest absolute Gasteiger partial charge is 0.427 e. The van der Waals surface area contributed by atoms with E-state index in [4.69, 9.17) is 9.57 Å². The quantitative estimate of drug-likeness (QED) is 0.828. The second kappa shape index (κ2) is 5.99. The molecular weight excluding hydrogens is 300 g/mol. The van der Waals surface area contributed by atoms with Crippen LogP contribution in [0.25, 0.3) is 11.2 Å². The molecule has 9 nitrogen and oxygen atoms in total. The van der Waals surface area contributed by atoms with Crippen molar-refractivity contribution in [2.75, 3.05) is 31.1 Å². The van der Waals surface area contributed by atoms with Crippen LogP contribution in [-0.4, -0.2) is 62.9 Å². The zero-order valence-electron chi connectivity index (χ0n) is 13.4. The Bertz CT molecular complexity index is 687. The molecule has 0 bridgehead atoms. The molecule has 1 aliphatic rings. The lowest BCUT2D eigenvalue weighted by atomic mass is 10.2. The molecule has 23 heavy (non-hydrogen) atoms. The zero-order valence-corrected chi connectivity index (χ0v) is 13.4. The summed E-state index contributed by atoms with van der Waals surface area (Å²) in [6, 6.07) is 0. The highest BCUT2D eigenvalue weighted by atomic mass is 16.8. The summed E-state index contributed by atoms with van der Waals surface area (Å²) in [6.07, 6.45) is 2.63. The van der Waals surface area contributed by atoms with Crippen molar-refractivity contribution in [2.24, 2.45) is 0 Å². The Labute approximate surface area is 133 Å². The summed E-state index contributed by atoms with van der Waals surface area (Å²) in [4.78, 5) is 34.7. The first-order valence-corrected chi connectivity index (χ1v) is 7.48. The number of hydroxylamine groups is 2. The number of aromatic amines is 1. The van der Waals surface area contributed by atoms with E-state index in [-0.39, 0.29) is 0 Å². The average molecular weight is 320 g/mol. The van der Waals surface area contributed by atoms with Gasteiger partial charge in [0.1, 0.15) is 11.1 Å². The number of ether oxygens (including phenoxy) is 1. The van der Waals surface area contributed by atoms with Gasteiger partial charge in [-0.3, -0.25) is 0 Å². The average Bonchev–Trinajstić information content (AvgIpc) is 2.93. The van der Waals surface area contributed by atoms with Gasteiger partial charge in [0.15, 0.2) is 5.65 Å². The normalized spacial score (nSPS) is 16.6. The highest BCUT2D eigenvalue weighted by molar-refractivity contribution is 5.69. The van der Waals surface area contributed by atoms with Gasteiger partial charge in [0.25, 0.3) is 0 Å². The van der Waals surface area contributed by atoms with Gasteiger partial charge in [-0.2, -0.15) is 4.98 Å². The summed E-state index contributed by atoms with van der Waals surface area (Å²) >= 11 is 0. The van der Waals surface area contributed by atoms with Crippen molar-refractivity contribution in [3.05, 3.63) is 12.5 Å². The minimum atomic E-state index is -0.680. The van der Waals surface area contributed by atoms with Crippen molar-refractivity contribution >= 4 is 23.3 Å². The lowest BCUT2D eigenvalue weighted by molar-refractivity contribution is -0.144. The molecule has 0 atom stereocenters. The molecule has 1 saturated heterocycles. The van der Waals surface area contributed by atoms with E-state index in [9.17, 15) is 4.79 Å². The number of hydrogen-bond donors (Lipinski definition) is 1. The highest BCUT2D eigenvalue weighted by Gasteiger charge is 2.25. The van der Waals surface area contributed by atoms with Crippen LogP contribution in [0.2, 0.25) is 0 Å². The van der Waals surface area contributed by atoms with Crippen LogP contribution < -0.4 is 4.90 Å². The van der Waals surface area contributed by atoms with Crippen molar-refractivity contribution in [2.45, 2.75) is 26.4 Å². The molecular formula is C14H20N6O3. The number of H-pyrrole nitrogens is 1. The molecule has 3 rings (SSSR count). The Kier molecular flexibility index (Phi) is 4.03. The SMILES string of the molecule is CC(C)(C)OC(=O)ON1CCN(c2ncc3[nH]cnc3n2)CC1. The Morgan fingerprint density at radius 2 is 1.96 bits per heavy atom. The van der Waals surface area contributed by atoms with E-state index in [1.54, 1.807) is 38.4 Å². The van der Waals surface area contributed by atoms with E-state index in [1.807, 2.05) is 4.90 Å². The first kappa shape index (κ1) is 15.5. The number of imidazole rings is 1. The number of aromatic nitrogens is 4. The number of carbonyl (C=O) groups excluding carboxylic acids is 1.